The van der Waals surface area contributed by atoms with Crippen LogP contribution in [0.25, 0.3) is 10.1 Å². The van der Waals surface area contributed by atoms with Crippen molar-refractivity contribution in [1.29, 1.82) is 0 Å². The molecule has 0 aliphatic heterocycles. The maximum atomic E-state index is 12.5. The minimum atomic E-state index is 0.0108. The SMILES string of the molecule is Nc1cccc(C(=O)c2csc3c(Br)cccc23)c1. The Kier molecular flexibility index (Phi) is 3.12. The monoisotopic (exact) mass is 331 g/mol. The number of halogens is 1. The summed E-state index contributed by atoms with van der Waals surface area (Å²) in [7, 11) is 0. The quantitative estimate of drug-likeness (QED) is 0.555. The molecule has 2 nitrogen and oxygen atoms in total. The zero-order valence-corrected chi connectivity index (χ0v) is 12.3. The third-order valence-corrected chi connectivity index (χ3v) is 4.90. The molecule has 3 aromatic rings. The van der Waals surface area contributed by atoms with Gasteiger partial charge in [0, 0.05) is 36.8 Å². The Bertz CT molecular complexity index is 779. The van der Waals surface area contributed by atoms with E-state index in [1.165, 1.54) is 0 Å². The summed E-state index contributed by atoms with van der Waals surface area (Å²) in [6, 6.07) is 13.0. The predicted molar refractivity (Wildman–Crippen MR) is 83.8 cm³/mol. The van der Waals surface area contributed by atoms with E-state index in [0.29, 0.717) is 11.3 Å². The van der Waals surface area contributed by atoms with Crippen LogP contribution in [0.2, 0.25) is 0 Å². The van der Waals surface area contributed by atoms with E-state index in [0.717, 1.165) is 20.1 Å². The number of hydrogen-bond acceptors (Lipinski definition) is 3. The van der Waals surface area contributed by atoms with E-state index in [1.54, 1.807) is 35.6 Å². The molecule has 0 radical (unpaired) electrons. The molecule has 0 bridgehead atoms. The average molecular weight is 332 g/mol. The highest BCUT2D eigenvalue weighted by molar-refractivity contribution is 9.10. The highest BCUT2D eigenvalue weighted by atomic mass is 79.9. The van der Waals surface area contributed by atoms with E-state index >= 15 is 0 Å². The number of ketones is 1. The Morgan fingerprint density at radius 2 is 1.95 bits per heavy atom. The molecule has 4 heteroatoms. The number of hydrogen-bond donors (Lipinski definition) is 1. The van der Waals surface area contributed by atoms with Crippen molar-refractivity contribution in [3.8, 4) is 0 Å². The first kappa shape index (κ1) is 12.4. The van der Waals surface area contributed by atoms with Gasteiger partial charge in [-0.1, -0.05) is 24.3 Å². The first-order valence-corrected chi connectivity index (χ1v) is 7.40. The van der Waals surface area contributed by atoms with Gasteiger partial charge in [0.05, 0.1) is 0 Å². The second kappa shape index (κ2) is 4.79. The lowest BCUT2D eigenvalue weighted by Crippen LogP contribution is -2.01. The molecule has 0 atom stereocenters. The number of thiophene rings is 1. The third kappa shape index (κ3) is 2.17. The summed E-state index contributed by atoms with van der Waals surface area (Å²) in [5.74, 6) is 0.0108. The van der Waals surface area contributed by atoms with Gasteiger partial charge in [0.15, 0.2) is 5.78 Å². The van der Waals surface area contributed by atoms with Crippen LogP contribution < -0.4 is 5.73 Å². The van der Waals surface area contributed by atoms with Crippen LogP contribution in [0, 0.1) is 0 Å². The van der Waals surface area contributed by atoms with E-state index in [4.69, 9.17) is 5.73 Å². The van der Waals surface area contributed by atoms with Gasteiger partial charge < -0.3 is 5.73 Å². The molecule has 0 spiro atoms. The molecule has 0 saturated heterocycles. The van der Waals surface area contributed by atoms with Gasteiger partial charge in [-0.2, -0.15) is 0 Å². The summed E-state index contributed by atoms with van der Waals surface area (Å²) in [5.41, 5.74) is 7.69. The first-order chi connectivity index (χ1) is 9.16. The van der Waals surface area contributed by atoms with E-state index in [-0.39, 0.29) is 5.78 Å². The summed E-state index contributed by atoms with van der Waals surface area (Å²) in [4.78, 5) is 12.5. The Balaban J connectivity index is 2.15. The van der Waals surface area contributed by atoms with Crippen LogP contribution >= 0.6 is 27.3 Å². The minimum absolute atomic E-state index is 0.0108. The van der Waals surface area contributed by atoms with Crippen LogP contribution in [0.3, 0.4) is 0 Å². The number of fused-ring (bicyclic) bond motifs is 1. The number of carbonyl (C=O) groups is 1. The van der Waals surface area contributed by atoms with Crippen LogP contribution in [0.15, 0.2) is 52.3 Å². The number of rotatable bonds is 2. The molecule has 94 valence electrons. The average Bonchev–Trinajstić information content (AvgIpc) is 2.83. The fraction of sp³-hybridized carbons (Fsp3) is 0. The Labute approximate surface area is 123 Å². The second-order valence-corrected chi connectivity index (χ2v) is 5.95. The van der Waals surface area contributed by atoms with Crippen LogP contribution in [0.5, 0.6) is 0 Å². The predicted octanol–water partition coefficient (Wildman–Crippen LogP) is 4.48. The molecule has 3 rings (SSSR count). The normalized spacial score (nSPS) is 10.8. The van der Waals surface area contributed by atoms with Crippen molar-refractivity contribution in [2.24, 2.45) is 0 Å². The topological polar surface area (TPSA) is 43.1 Å². The van der Waals surface area contributed by atoms with Crippen LogP contribution in [-0.4, -0.2) is 5.78 Å². The van der Waals surface area contributed by atoms with E-state index < -0.39 is 0 Å². The van der Waals surface area contributed by atoms with Gasteiger partial charge in [0.2, 0.25) is 0 Å². The largest absolute Gasteiger partial charge is 0.399 e. The van der Waals surface area contributed by atoms with Gasteiger partial charge in [-0.3, -0.25) is 4.79 Å². The maximum absolute atomic E-state index is 12.5. The summed E-state index contributed by atoms with van der Waals surface area (Å²) < 4.78 is 2.11. The number of anilines is 1. The number of carbonyl (C=O) groups excluding carboxylic acids is 1. The summed E-state index contributed by atoms with van der Waals surface area (Å²) in [6.45, 7) is 0. The molecular formula is C15H10BrNOS. The lowest BCUT2D eigenvalue weighted by Gasteiger charge is -2.01. The summed E-state index contributed by atoms with van der Waals surface area (Å²) in [6.07, 6.45) is 0. The molecule has 1 heterocycles. The molecule has 0 fully saturated rings. The van der Waals surface area contributed by atoms with Crippen molar-refractivity contribution in [1.82, 2.24) is 0 Å². The van der Waals surface area contributed by atoms with Gasteiger partial charge in [-0.15, -0.1) is 11.3 Å². The molecule has 0 saturated carbocycles. The van der Waals surface area contributed by atoms with Gasteiger partial charge in [0.25, 0.3) is 0 Å². The molecule has 1 aromatic heterocycles. The lowest BCUT2D eigenvalue weighted by molar-refractivity contribution is 0.104. The molecule has 19 heavy (non-hydrogen) atoms. The zero-order chi connectivity index (χ0) is 13.4. The van der Waals surface area contributed by atoms with Crippen molar-refractivity contribution in [2.45, 2.75) is 0 Å². The highest BCUT2D eigenvalue weighted by Gasteiger charge is 2.15. The van der Waals surface area contributed by atoms with Crippen molar-refractivity contribution in [3.05, 3.63) is 63.4 Å². The van der Waals surface area contributed by atoms with E-state index in [2.05, 4.69) is 15.9 Å². The van der Waals surface area contributed by atoms with Crippen LogP contribution in [0.4, 0.5) is 5.69 Å². The fourth-order valence-electron chi connectivity index (χ4n) is 2.03. The summed E-state index contributed by atoms with van der Waals surface area (Å²) >= 11 is 5.08. The summed E-state index contributed by atoms with van der Waals surface area (Å²) in [5, 5.41) is 2.88. The highest BCUT2D eigenvalue weighted by Crippen LogP contribution is 2.33. The Morgan fingerprint density at radius 3 is 2.74 bits per heavy atom. The van der Waals surface area contributed by atoms with Crippen molar-refractivity contribution < 1.29 is 4.79 Å². The fourth-order valence-corrected chi connectivity index (χ4v) is 3.64. The molecule has 0 aliphatic carbocycles. The maximum Gasteiger partial charge on any atom is 0.194 e. The third-order valence-electron chi connectivity index (χ3n) is 2.95. The smallest absolute Gasteiger partial charge is 0.194 e. The van der Waals surface area contributed by atoms with Gasteiger partial charge in [-0.25, -0.2) is 0 Å². The van der Waals surface area contributed by atoms with Crippen molar-refractivity contribution >= 4 is 48.8 Å². The number of nitrogens with two attached hydrogens (primary N) is 1. The number of nitrogen functional groups attached to an aromatic ring is 1. The Hall–Kier alpha value is -1.65. The molecule has 0 unspecified atom stereocenters. The molecule has 2 N–H and O–H groups in total. The van der Waals surface area contributed by atoms with Gasteiger partial charge >= 0.3 is 0 Å². The minimum Gasteiger partial charge on any atom is -0.399 e. The molecule has 2 aromatic carbocycles. The zero-order valence-electron chi connectivity index (χ0n) is 9.89. The van der Waals surface area contributed by atoms with E-state index in [1.807, 2.05) is 23.6 Å². The van der Waals surface area contributed by atoms with Crippen molar-refractivity contribution in [2.75, 3.05) is 5.73 Å². The van der Waals surface area contributed by atoms with Gasteiger partial charge in [0.1, 0.15) is 0 Å². The van der Waals surface area contributed by atoms with Crippen molar-refractivity contribution in [3.63, 3.8) is 0 Å². The van der Waals surface area contributed by atoms with E-state index in [9.17, 15) is 4.79 Å². The van der Waals surface area contributed by atoms with Gasteiger partial charge in [-0.05, 0) is 34.1 Å². The Morgan fingerprint density at radius 1 is 1.16 bits per heavy atom. The first-order valence-electron chi connectivity index (χ1n) is 5.73. The second-order valence-electron chi connectivity index (χ2n) is 4.22. The molecular weight excluding hydrogens is 322 g/mol. The van der Waals surface area contributed by atoms with Crippen LogP contribution in [-0.2, 0) is 0 Å². The van der Waals surface area contributed by atoms with Crippen LogP contribution in [0.1, 0.15) is 15.9 Å². The molecule has 0 amide bonds. The molecule has 0 aliphatic rings. The number of benzene rings is 2. The lowest BCUT2D eigenvalue weighted by atomic mass is 10.0. The standard InChI is InChI=1S/C15H10BrNOS/c16-13-6-2-5-11-12(8-19-15(11)13)14(18)9-3-1-4-10(17)7-9/h1-8H,17H2.